The van der Waals surface area contributed by atoms with E-state index in [1.807, 2.05) is 32.0 Å². The van der Waals surface area contributed by atoms with Crippen molar-refractivity contribution in [3.05, 3.63) is 75.4 Å². The topological polar surface area (TPSA) is 85.1 Å². The number of nitrogens with one attached hydrogen (secondary N) is 1. The van der Waals surface area contributed by atoms with Gasteiger partial charge in [-0.1, -0.05) is 0 Å². The number of carbonyl (C=O) groups is 1. The van der Waals surface area contributed by atoms with Crippen molar-refractivity contribution >= 4 is 33.6 Å². The third kappa shape index (κ3) is 3.06. The van der Waals surface area contributed by atoms with Crippen molar-refractivity contribution in [3.63, 3.8) is 0 Å². The van der Waals surface area contributed by atoms with Gasteiger partial charge in [0.2, 0.25) is 0 Å². The van der Waals surface area contributed by atoms with Gasteiger partial charge < -0.3 is 9.73 Å². The van der Waals surface area contributed by atoms with Gasteiger partial charge in [-0.2, -0.15) is 0 Å². The number of amides is 1. The van der Waals surface area contributed by atoms with E-state index in [4.69, 9.17) is 4.42 Å². The number of rotatable bonds is 2. The number of carbonyl (C=O) groups excluding carboxylic acids is 1. The molecule has 3 heterocycles. The molecule has 0 aliphatic rings. The number of aromatic nitrogens is 2. The highest BCUT2D eigenvalue weighted by Crippen LogP contribution is 2.26. The molecule has 0 bridgehead atoms. The molecule has 4 rings (SSSR count). The predicted octanol–water partition coefficient (Wildman–Crippen LogP) is 3.91. The lowest BCUT2D eigenvalue weighted by Crippen LogP contribution is -2.15. The first-order valence-corrected chi connectivity index (χ1v) is 8.51. The number of nitrogens with zero attached hydrogens (tertiary/aromatic N) is 2. The van der Waals surface area contributed by atoms with Gasteiger partial charge in [-0.3, -0.25) is 4.79 Å². The quantitative estimate of drug-likeness (QED) is 0.548. The van der Waals surface area contributed by atoms with Gasteiger partial charge in [-0.15, -0.1) is 0 Å². The van der Waals surface area contributed by atoms with E-state index in [1.165, 1.54) is 6.07 Å². The molecular formula is C21H17N3O3. The van der Waals surface area contributed by atoms with Crippen LogP contribution in [0.15, 0.2) is 51.8 Å². The lowest BCUT2D eigenvalue weighted by Gasteiger charge is -2.12. The van der Waals surface area contributed by atoms with Crippen LogP contribution in [0.4, 0.5) is 5.69 Å². The van der Waals surface area contributed by atoms with Crippen molar-refractivity contribution in [2.75, 3.05) is 5.32 Å². The average Bonchev–Trinajstić information content (AvgIpc) is 2.62. The molecule has 0 aliphatic heterocycles. The minimum Gasteiger partial charge on any atom is -0.423 e. The highest BCUT2D eigenvalue weighted by molar-refractivity contribution is 6.07. The molecule has 0 atom stereocenters. The molecule has 27 heavy (non-hydrogen) atoms. The summed E-state index contributed by atoms with van der Waals surface area (Å²) in [6.07, 6.45) is 1.67. The van der Waals surface area contributed by atoms with Crippen LogP contribution in [0, 0.1) is 20.8 Å². The van der Waals surface area contributed by atoms with Crippen LogP contribution >= 0.6 is 0 Å². The molecule has 1 N–H and O–H groups in total. The Morgan fingerprint density at radius 1 is 1.07 bits per heavy atom. The van der Waals surface area contributed by atoms with E-state index in [0.717, 1.165) is 21.9 Å². The summed E-state index contributed by atoms with van der Waals surface area (Å²) in [4.78, 5) is 33.0. The maximum Gasteiger partial charge on any atom is 0.336 e. The van der Waals surface area contributed by atoms with Crippen LogP contribution in [0.3, 0.4) is 0 Å². The van der Waals surface area contributed by atoms with E-state index in [2.05, 4.69) is 15.3 Å². The fraction of sp³-hybridized carbons (Fsp3) is 0.143. The third-order valence-corrected chi connectivity index (χ3v) is 4.57. The monoisotopic (exact) mass is 359 g/mol. The van der Waals surface area contributed by atoms with Gasteiger partial charge in [0, 0.05) is 28.7 Å². The highest BCUT2D eigenvalue weighted by atomic mass is 16.4. The SMILES string of the molecule is Cc1cc2oc(=O)cc(C)c2cc1NC(=O)c1cc2cccnc2nc1C. The van der Waals surface area contributed by atoms with Crippen molar-refractivity contribution < 1.29 is 9.21 Å². The van der Waals surface area contributed by atoms with Gasteiger partial charge in [-0.25, -0.2) is 14.8 Å². The standard InChI is InChI=1S/C21H17N3O3/c1-11-8-19(25)27-18-7-12(2)17(10-15(11)18)24-21(26)16-9-14-5-4-6-22-20(14)23-13(16)3/h4-10H,1-3H3,(H,24,26). The van der Waals surface area contributed by atoms with Crippen LogP contribution < -0.4 is 10.9 Å². The maximum atomic E-state index is 12.9. The molecule has 1 amide bonds. The maximum absolute atomic E-state index is 12.9. The van der Waals surface area contributed by atoms with E-state index in [1.54, 1.807) is 25.3 Å². The molecule has 0 saturated carbocycles. The summed E-state index contributed by atoms with van der Waals surface area (Å²) in [5.41, 5.74) is 4.09. The number of fused-ring (bicyclic) bond motifs is 2. The van der Waals surface area contributed by atoms with Gasteiger partial charge in [-0.05, 0) is 62.2 Å². The molecule has 0 aliphatic carbocycles. The number of benzene rings is 1. The molecule has 6 nitrogen and oxygen atoms in total. The van der Waals surface area contributed by atoms with Gasteiger partial charge in [0.25, 0.3) is 5.91 Å². The Balaban J connectivity index is 1.76. The van der Waals surface area contributed by atoms with Gasteiger partial charge in [0.1, 0.15) is 5.58 Å². The molecule has 0 radical (unpaired) electrons. The van der Waals surface area contributed by atoms with E-state index < -0.39 is 0 Å². The Kier molecular flexibility index (Phi) is 3.96. The fourth-order valence-electron chi connectivity index (χ4n) is 3.12. The van der Waals surface area contributed by atoms with E-state index in [-0.39, 0.29) is 11.5 Å². The van der Waals surface area contributed by atoms with E-state index in [0.29, 0.717) is 28.2 Å². The zero-order chi connectivity index (χ0) is 19.1. The number of hydrogen-bond acceptors (Lipinski definition) is 5. The van der Waals surface area contributed by atoms with Gasteiger partial charge in [0.15, 0.2) is 5.65 Å². The summed E-state index contributed by atoms with van der Waals surface area (Å²) in [7, 11) is 0. The molecule has 0 unspecified atom stereocenters. The first kappa shape index (κ1) is 16.9. The summed E-state index contributed by atoms with van der Waals surface area (Å²) in [6.45, 7) is 5.48. The number of pyridine rings is 2. The summed E-state index contributed by atoms with van der Waals surface area (Å²) in [6, 6.07) is 10.5. The minimum absolute atomic E-state index is 0.247. The second-order valence-electron chi connectivity index (χ2n) is 6.54. The van der Waals surface area contributed by atoms with Crippen molar-refractivity contribution in [2.45, 2.75) is 20.8 Å². The molecule has 0 fully saturated rings. The molecule has 0 saturated heterocycles. The Hall–Kier alpha value is -3.54. The Morgan fingerprint density at radius 2 is 1.89 bits per heavy atom. The Morgan fingerprint density at radius 3 is 2.70 bits per heavy atom. The predicted molar refractivity (Wildman–Crippen MR) is 104 cm³/mol. The highest BCUT2D eigenvalue weighted by Gasteiger charge is 2.15. The summed E-state index contributed by atoms with van der Waals surface area (Å²) < 4.78 is 5.25. The Labute approximate surface area is 154 Å². The number of anilines is 1. The number of aryl methyl sites for hydroxylation is 3. The normalized spacial score (nSPS) is 11.1. The molecular weight excluding hydrogens is 342 g/mol. The van der Waals surface area contributed by atoms with Gasteiger partial charge in [0.05, 0.1) is 11.3 Å². The smallest absolute Gasteiger partial charge is 0.336 e. The fourth-order valence-corrected chi connectivity index (χ4v) is 3.12. The molecule has 0 spiro atoms. The van der Waals surface area contributed by atoms with Crippen molar-refractivity contribution in [1.82, 2.24) is 9.97 Å². The van der Waals surface area contributed by atoms with Crippen LogP contribution in [0.2, 0.25) is 0 Å². The van der Waals surface area contributed by atoms with Crippen LogP contribution in [0.1, 0.15) is 27.2 Å². The summed E-state index contributed by atoms with van der Waals surface area (Å²) in [5.74, 6) is -0.247. The summed E-state index contributed by atoms with van der Waals surface area (Å²) in [5, 5.41) is 4.54. The average molecular weight is 359 g/mol. The summed E-state index contributed by atoms with van der Waals surface area (Å²) >= 11 is 0. The van der Waals surface area contributed by atoms with Crippen LogP contribution in [0.25, 0.3) is 22.0 Å². The number of hydrogen-bond donors (Lipinski definition) is 1. The lowest BCUT2D eigenvalue weighted by atomic mass is 10.1. The zero-order valence-corrected chi connectivity index (χ0v) is 15.2. The third-order valence-electron chi connectivity index (χ3n) is 4.57. The molecule has 4 aromatic rings. The van der Waals surface area contributed by atoms with Crippen molar-refractivity contribution in [3.8, 4) is 0 Å². The largest absolute Gasteiger partial charge is 0.423 e. The van der Waals surface area contributed by atoms with Crippen molar-refractivity contribution in [1.29, 1.82) is 0 Å². The molecule has 134 valence electrons. The molecule has 1 aromatic carbocycles. The van der Waals surface area contributed by atoms with Crippen molar-refractivity contribution in [2.24, 2.45) is 0 Å². The Bertz CT molecular complexity index is 1280. The van der Waals surface area contributed by atoms with Crippen LogP contribution in [-0.4, -0.2) is 15.9 Å². The molecule has 6 heteroatoms. The first-order valence-electron chi connectivity index (χ1n) is 8.51. The minimum atomic E-state index is -0.386. The van der Waals surface area contributed by atoms with Crippen LogP contribution in [-0.2, 0) is 0 Å². The second kappa shape index (κ2) is 6.32. The lowest BCUT2D eigenvalue weighted by molar-refractivity contribution is 0.102. The van der Waals surface area contributed by atoms with Crippen LogP contribution in [0.5, 0.6) is 0 Å². The molecule has 3 aromatic heterocycles. The second-order valence-corrected chi connectivity index (χ2v) is 6.54. The van der Waals surface area contributed by atoms with Gasteiger partial charge >= 0.3 is 5.63 Å². The first-order chi connectivity index (χ1) is 12.9. The van der Waals surface area contributed by atoms with E-state index in [9.17, 15) is 9.59 Å². The van der Waals surface area contributed by atoms with E-state index >= 15 is 0 Å². The zero-order valence-electron chi connectivity index (χ0n) is 15.2.